The summed E-state index contributed by atoms with van der Waals surface area (Å²) in [6.07, 6.45) is 0.133. The number of hydrogen-bond acceptors (Lipinski definition) is 4. The van der Waals surface area contributed by atoms with Crippen LogP contribution < -0.4 is 11.2 Å². The number of halogens is 2. The van der Waals surface area contributed by atoms with Gasteiger partial charge in [-0.15, -0.1) is 0 Å². The highest BCUT2D eigenvalue weighted by Crippen LogP contribution is 2.19. The molecule has 0 saturated heterocycles. The Morgan fingerprint density at radius 1 is 1.17 bits per heavy atom. The van der Waals surface area contributed by atoms with Gasteiger partial charge in [-0.25, -0.2) is 18.6 Å². The number of hydrogen-bond donors (Lipinski definition) is 1. The minimum atomic E-state index is -1.18. The van der Waals surface area contributed by atoms with Crippen molar-refractivity contribution in [3.63, 3.8) is 0 Å². The fourth-order valence-electron chi connectivity index (χ4n) is 2.55. The van der Waals surface area contributed by atoms with E-state index >= 15 is 0 Å². The molecule has 24 heavy (non-hydrogen) atoms. The Morgan fingerprint density at radius 2 is 1.88 bits per heavy atom. The highest BCUT2D eigenvalue weighted by molar-refractivity contribution is 5.69. The number of nitrogens with zero attached hydrogens (tertiary/aromatic N) is 4. The van der Waals surface area contributed by atoms with Gasteiger partial charge in [0.15, 0.2) is 22.8 Å². The first kappa shape index (κ1) is 16.1. The van der Waals surface area contributed by atoms with Crippen molar-refractivity contribution in [2.75, 3.05) is 0 Å². The number of rotatable bonds is 3. The van der Waals surface area contributed by atoms with Crippen LogP contribution in [-0.2, 0) is 20.6 Å². The van der Waals surface area contributed by atoms with Gasteiger partial charge in [-0.05, 0) is 17.7 Å². The summed E-state index contributed by atoms with van der Waals surface area (Å²) in [6, 6.07) is 3.08. The number of imidazole rings is 1. The summed E-state index contributed by atoms with van der Waals surface area (Å²) in [5, 5.41) is 10.2. The minimum Gasteiger partial charge on any atom is -0.387 e. The van der Waals surface area contributed by atoms with Crippen LogP contribution in [0.1, 0.15) is 11.7 Å². The summed E-state index contributed by atoms with van der Waals surface area (Å²) >= 11 is 0. The maximum atomic E-state index is 13.3. The zero-order chi connectivity index (χ0) is 17.6. The van der Waals surface area contributed by atoms with Gasteiger partial charge in [0.1, 0.15) is 0 Å². The molecule has 0 fully saturated rings. The van der Waals surface area contributed by atoms with Gasteiger partial charge in [0.05, 0.1) is 19.0 Å². The molecule has 1 unspecified atom stereocenters. The fraction of sp³-hybridized carbons (Fsp3) is 0.267. The molecule has 1 aromatic carbocycles. The second-order valence-corrected chi connectivity index (χ2v) is 5.46. The molecule has 2 aromatic heterocycles. The first-order valence-electron chi connectivity index (χ1n) is 7.05. The van der Waals surface area contributed by atoms with Crippen LogP contribution in [0.4, 0.5) is 8.78 Å². The van der Waals surface area contributed by atoms with Gasteiger partial charge in [-0.1, -0.05) is 6.07 Å². The molecule has 0 radical (unpaired) electrons. The van der Waals surface area contributed by atoms with Gasteiger partial charge in [0.25, 0.3) is 5.56 Å². The number of benzene rings is 1. The Labute approximate surface area is 134 Å². The van der Waals surface area contributed by atoms with Crippen LogP contribution >= 0.6 is 0 Å². The Kier molecular flexibility index (Phi) is 3.80. The molecule has 0 amide bonds. The molecule has 9 heteroatoms. The van der Waals surface area contributed by atoms with E-state index < -0.39 is 29.0 Å². The lowest BCUT2D eigenvalue weighted by molar-refractivity contribution is 0.157. The van der Waals surface area contributed by atoms with E-state index in [2.05, 4.69) is 4.98 Å². The normalized spacial score (nSPS) is 12.7. The molecule has 3 rings (SSSR count). The Bertz CT molecular complexity index is 1050. The van der Waals surface area contributed by atoms with Crippen LogP contribution in [0.5, 0.6) is 0 Å². The molecule has 126 valence electrons. The third-order valence-corrected chi connectivity index (χ3v) is 3.92. The van der Waals surface area contributed by atoms with Crippen LogP contribution in [-0.4, -0.2) is 23.8 Å². The van der Waals surface area contributed by atoms with Gasteiger partial charge in [-0.3, -0.25) is 13.9 Å². The molecule has 3 aromatic rings. The predicted octanol–water partition coefficient (Wildman–Crippen LogP) is 0.445. The lowest BCUT2D eigenvalue weighted by atomic mass is 10.1. The van der Waals surface area contributed by atoms with Crippen molar-refractivity contribution in [1.82, 2.24) is 18.7 Å². The van der Waals surface area contributed by atoms with Gasteiger partial charge in [-0.2, -0.15) is 0 Å². The molecule has 0 aliphatic carbocycles. The number of aliphatic hydroxyl groups excluding tert-OH is 1. The maximum absolute atomic E-state index is 13.3. The van der Waals surface area contributed by atoms with Crippen LogP contribution in [0.2, 0.25) is 0 Å². The third kappa shape index (κ3) is 2.42. The second-order valence-electron chi connectivity index (χ2n) is 5.46. The lowest BCUT2D eigenvalue weighted by Crippen LogP contribution is -2.37. The van der Waals surface area contributed by atoms with Crippen molar-refractivity contribution in [2.24, 2.45) is 14.1 Å². The molecule has 0 aliphatic heterocycles. The van der Waals surface area contributed by atoms with E-state index in [0.29, 0.717) is 0 Å². The Balaban J connectivity index is 2.06. The quantitative estimate of drug-likeness (QED) is 0.753. The molecular weight excluding hydrogens is 322 g/mol. The molecule has 1 N–H and O–H groups in total. The van der Waals surface area contributed by atoms with Crippen molar-refractivity contribution >= 4 is 11.2 Å². The van der Waals surface area contributed by atoms with Gasteiger partial charge in [0.2, 0.25) is 0 Å². The standard InChI is InChI=1S/C15H14F2N4O3/c1-19-13-12(14(23)20(2)15(19)24)21(7-18-13)6-11(22)8-3-4-9(16)10(17)5-8/h3-5,7,11,22H,6H2,1-2H3. The van der Waals surface area contributed by atoms with E-state index in [-0.39, 0.29) is 23.3 Å². The number of aromatic nitrogens is 4. The summed E-state index contributed by atoms with van der Waals surface area (Å²) in [4.78, 5) is 28.2. The summed E-state index contributed by atoms with van der Waals surface area (Å²) in [6.45, 7) is -0.102. The third-order valence-electron chi connectivity index (χ3n) is 3.92. The SMILES string of the molecule is Cn1c(=O)c2c(ncn2CC(O)c2ccc(F)c(F)c2)n(C)c1=O. The monoisotopic (exact) mass is 336 g/mol. The Morgan fingerprint density at radius 3 is 2.54 bits per heavy atom. The van der Waals surface area contributed by atoms with Crippen LogP contribution in [0.15, 0.2) is 34.1 Å². The van der Waals surface area contributed by atoms with E-state index in [1.54, 1.807) is 0 Å². The number of fused-ring (bicyclic) bond motifs is 1. The zero-order valence-corrected chi connectivity index (χ0v) is 12.9. The van der Waals surface area contributed by atoms with Gasteiger partial charge < -0.3 is 9.67 Å². The average Bonchev–Trinajstić information content (AvgIpc) is 2.97. The molecule has 2 heterocycles. The molecular formula is C15H14F2N4O3. The van der Waals surface area contributed by atoms with Crippen LogP contribution in [0, 0.1) is 11.6 Å². The molecule has 0 saturated carbocycles. The van der Waals surface area contributed by atoms with Crippen molar-refractivity contribution in [3.05, 3.63) is 62.6 Å². The van der Waals surface area contributed by atoms with Crippen LogP contribution in [0.3, 0.4) is 0 Å². The zero-order valence-electron chi connectivity index (χ0n) is 12.9. The number of aryl methyl sites for hydroxylation is 1. The van der Waals surface area contributed by atoms with E-state index in [4.69, 9.17) is 0 Å². The molecule has 7 nitrogen and oxygen atoms in total. The van der Waals surface area contributed by atoms with E-state index in [1.165, 1.54) is 35.6 Å². The smallest absolute Gasteiger partial charge is 0.332 e. The summed E-state index contributed by atoms with van der Waals surface area (Å²) in [5.41, 5.74) is -0.582. The number of aliphatic hydroxyl groups is 1. The van der Waals surface area contributed by atoms with Crippen molar-refractivity contribution < 1.29 is 13.9 Å². The first-order valence-corrected chi connectivity index (χ1v) is 7.05. The Hall–Kier alpha value is -2.81. The van der Waals surface area contributed by atoms with Crippen molar-refractivity contribution in [1.29, 1.82) is 0 Å². The van der Waals surface area contributed by atoms with Crippen molar-refractivity contribution in [3.8, 4) is 0 Å². The predicted molar refractivity (Wildman–Crippen MR) is 81.5 cm³/mol. The largest absolute Gasteiger partial charge is 0.387 e. The van der Waals surface area contributed by atoms with Crippen LogP contribution in [0.25, 0.3) is 11.2 Å². The van der Waals surface area contributed by atoms with E-state index in [9.17, 15) is 23.5 Å². The summed E-state index contributed by atoms with van der Waals surface area (Å²) in [5.74, 6) is -2.08. The fourth-order valence-corrected chi connectivity index (χ4v) is 2.55. The highest BCUT2D eigenvalue weighted by atomic mass is 19.2. The molecule has 0 spiro atoms. The maximum Gasteiger partial charge on any atom is 0.332 e. The van der Waals surface area contributed by atoms with E-state index in [1.807, 2.05) is 0 Å². The van der Waals surface area contributed by atoms with E-state index in [0.717, 1.165) is 16.7 Å². The lowest BCUT2D eigenvalue weighted by Gasteiger charge is -2.13. The molecule has 0 aliphatic rings. The summed E-state index contributed by atoms with van der Waals surface area (Å²) in [7, 11) is 2.82. The highest BCUT2D eigenvalue weighted by Gasteiger charge is 2.17. The minimum absolute atomic E-state index is 0.102. The van der Waals surface area contributed by atoms with Crippen molar-refractivity contribution in [2.45, 2.75) is 12.6 Å². The second kappa shape index (κ2) is 5.68. The molecule has 1 atom stereocenters. The van der Waals surface area contributed by atoms with Gasteiger partial charge in [0, 0.05) is 14.1 Å². The van der Waals surface area contributed by atoms with Gasteiger partial charge >= 0.3 is 5.69 Å². The summed E-state index contributed by atoms with van der Waals surface area (Å²) < 4.78 is 29.8. The molecule has 0 bridgehead atoms. The topological polar surface area (TPSA) is 82.0 Å². The first-order chi connectivity index (χ1) is 11.3. The average molecular weight is 336 g/mol.